The molecule has 0 aliphatic heterocycles. The Balaban J connectivity index is 3.15. The maximum absolute atomic E-state index is 12.4. The molecular weight excluding hydrogens is 276 g/mol. The van der Waals surface area contributed by atoms with Gasteiger partial charge >= 0.3 is 0 Å². The average molecular weight is 296 g/mol. The van der Waals surface area contributed by atoms with Crippen LogP contribution in [-0.2, 0) is 10.0 Å². The molecule has 1 aromatic carbocycles. The minimum absolute atomic E-state index is 0.0841. The molecule has 5 nitrogen and oxygen atoms in total. The Bertz CT molecular complexity index is 620. The maximum Gasteiger partial charge on any atom is 0.241 e. The highest BCUT2D eigenvalue weighted by Crippen LogP contribution is 2.21. The zero-order chi connectivity index (χ0) is 15.4. The van der Waals surface area contributed by atoms with Crippen molar-refractivity contribution < 1.29 is 13.5 Å². The van der Waals surface area contributed by atoms with Gasteiger partial charge in [-0.1, -0.05) is 6.92 Å². The summed E-state index contributed by atoms with van der Waals surface area (Å²) in [6.07, 6.45) is 0.917. The predicted octanol–water partition coefficient (Wildman–Crippen LogP) is 1.70. The minimum atomic E-state index is -3.68. The zero-order valence-electron chi connectivity index (χ0n) is 12.0. The third-order valence-electron chi connectivity index (χ3n) is 3.42. The molecule has 0 aliphatic carbocycles. The Morgan fingerprint density at radius 3 is 2.55 bits per heavy atom. The van der Waals surface area contributed by atoms with E-state index in [1.165, 1.54) is 12.1 Å². The van der Waals surface area contributed by atoms with E-state index in [4.69, 9.17) is 10.4 Å². The molecule has 0 saturated heterocycles. The first-order valence-electron chi connectivity index (χ1n) is 6.43. The zero-order valence-corrected chi connectivity index (χ0v) is 12.8. The number of aliphatic hydroxyl groups excluding tert-OH is 1. The molecule has 0 bridgehead atoms. The van der Waals surface area contributed by atoms with Crippen LogP contribution in [0, 0.1) is 18.3 Å². The van der Waals surface area contributed by atoms with Gasteiger partial charge in [-0.25, -0.2) is 13.1 Å². The lowest BCUT2D eigenvalue weighted by atomic mass is 9.97. The van der Waals surface area contributed by atoms with E-state index in [9.17, 15) is 8.42 Å². The van der Waals surface area contributed by atoms with Crippen molar-refractivity contribution in [3.05, 3.63) is 29.3 Å². The molecule has 0 amide bonds. The first-order chi connectivity index (χ1) is 9.28. The molecule has 0 saturated carbocycles. The second kappa shape index (κ2) is 6.35. The third kappa shape index (κ3) is 3.79. The fourth-order valence-corrected chi connectivity index (χ4v) is 3.68. The predicted molar refractivity (Wildman–Crippen MR) is 76.6 cm³/mol. The van der Waals surface area contributed by atoms with Gasteiger partial charge in [0.15, 0.2) is 0 Å². The highest BCUT2D eigenvalue weighted by Gasteiger charge is 2.29. The van der Waals surface area contributed by atoms with Gasteiger partial charge in [0.2, 0.25) is 10.0 Å². The van der Waals surface area contributed by atoms with Gasteiger partial charge in [-0.3, -0.25) is 0 Å². The lowest BCUT2D eigenvalue weighted by molar-refractivity contribution is 0.233. The van der Waals surface area contributed by atoms with Crippen LogP contribution >= 0.6 is 0 Å². The summed E-state index contributed by atoms with van der Waals surface area (Å²) in [6.45, 7) is 5.20. The van der Waals surface area contributed by atoms with Gasteiger partial charge < -0.3 is 5.11 Å². The fourth-order valence-electron chi connectivity index (χ4n) is 1.95. The number of sulfonamides is 1. The van der Waals surface area contributed by atoms with Crippen LogP contribution in [0.1, 0.15) is 37.8 Å². The number of nitriles is 1. The van der Waals surface area contributed by atoms with Gasteiger partial charge in [-0.15, -0.1) is 0 Å². The Morgan fingerprint density at radius 1 is 1.45 bits per heavy atom. The molecule has 0 spiro atoms. The SMILES string of the molecule is CCC(C)(CCO)NS(=O)(=O)c1ccc(C#N)cc1C. The molecule has 110 valence electrons. The van der Waals surface area contributed by atoms with Crippen LogP contribution in [0.5, 0.6) is 0 Å². The summed E-state index contributed by atoms with van der Waals surface area (Å²) >= 11 is 0. The topological polar surface area (TPSA) is 90.2 Å². The monoisotopic (exact) mass is 296 g/mol. The van der Waals surface area contributed by atoms with Crippen molar-refractivity contribution in [2.24, 2.45) is 0 Å². The third-order valence-corrected chi connectivity index (χ3v) is 5.22. The summed E-state index contributed by atoms with van der Waals surface area (Å²) in [5.41, 5.74) is 0.266. The Hall–Kier alpha value is -1.42. The lowest BCUT2D eigenvalue weighted by Gasteiger charge is -2.28. The van der Waals surface area contributed by atoms with E-state index < -0.39 is 15.6 Å². The fraction of sp³-hybridized carbons (Fsp3) is 0.500. The van der Waals surface area contributed by atoms with Crippen LogP contribution in [0.15, 0.2) is 23.1 Å². The van der Waals surface area contributed by atoms with Crippen LogP contribution in [0.4, 0.5) is 0 Å². The van der Waals surface area contributed by atoms with Crippen molar-refractivity contribution in [2.45, 2.75) is 44.0 Å². The molecule has 0 fully saturated rings. The molecule has 0 radical (unpaired) electrons. The Labute approximate surface area is 120 Å². The van der Waals surface area contributed by atoms with Gasteiger partial charge in [0.25, 0.3) is 0 Å². The number of aryl methyl sites for hydroxylation is 1. The van der Waals surface area contributed by atoms with E-state index in [2.05, 4.69) is 4.72 Å². The molecule has 1 unspecified atom stereocenters. The molecule has 1 atom stereocenters. The molecular formula is C14H20N2O3S. The van der Waals surface area contributed by atoms with Crippen LogP contribution in [0.3, 0.4) is 0 Å². The second-order valence-corrected chi connectivity index (χ2v) is 6.74. The number of hydrogen-bond acceptors (Lipinski definition) is 4. The first kappa shape index (κ1) is 16.6. The maximum atomic E-state index is 12.4. The van der Waals surface area contributed by atoms with Crippen LogP contribution in [0.25, 0.3) is 0 Å². The number of benzene rings is 1. The first-order valence-corrected chi connectivity index (χ1v) is 7.92. The van der Waals surface area contributed by atoms with E-state index in [0.717, 1.165) is 0 Å². The van der Waals surface area contributed by atoms with Crippen molar-refractivity contribution in [2.75, 3.05) is 6.61 Å². The van der Waals surface area contributed by atoms with Crippen LogP contribution < -0.4 is 4.72 Å². The summed E-state index contributed by atoms with van der Waals surface area (Å²) in [7, 11) is -3.68. The summed E-state index contributed by atoms with van der Waals surface area (Å²) in [5.74, 6) is 0. The number of nitrogens with zero attached hydrogens (tertiary/aromatic N) is 1. The quantitative estimate of drug-likeness (QED) is 0.836. The van der Waals surface area contributed by atoms with Gasteiger partial charge in [0.1, 0.15) is 0 Å². The molecule has 1 rings (SSSR count). The second-order valence-electron chi connectivity index (χ2n) is 5.09. The van der Waals surface area contributed by atoms with Gasteiger partial charge in [0, 0.05) is 12.1 Å². The molecule has 1 aromatic rings. The van der Waals surface area contributed by atoms with E-state index in [-0.39, 0.29) is 11.5 Å². The van der Waals surface area contributed by atoms with Crippen LogP contribution in [-0.4, -0.2) is 25.7 Å². The number of aliphatic hydroxyl groups is 1. The van der Waals surface area contributed by atoms with Gasteiger partial charge in [0.05, 0.1) is 16.5 Å². The number of nitrogens with one attached hydrogen (secondary N) is 1. The van der Waals surface area contributed by atoms with Crippen molar-refractivity contribution in [3.8, 4) is 6.07 Å². The summed E-state index contributed by atoms with van der Waals surface area (Å²) in [5, 5.41) is 17.9. The van der Waals surface area contributed by atoms with Gasteiger partial charge in [-0.05, 0) is 50.5 Å². The molecule has 20 heavy (non-hydrogen) atoms. The summed E-state index contributed by atoms with van der Waals surface area (Å²) in [4.78, 5) is 0.161. The van der Waals surface area contributed by atoms with Crippen molar-refractivity contribution in [3.63, 3.8) is 0 Å². The normalized spacial score (nSPS) is 14.6. The van der Waals surface area contributed by atoms with E-state index in [1.54, 1.807) is 19.9 Å². The number of rotatable bonds is 6. The Kier molecular flexibility index (Phi) is 5.28. The highest BCUT2D eigenvalue weighted by molar-refractivity contribution is 7.89. The van der Waals surface area contributed by atoms with Crippen molar-refractivity contribution >= 4 is 10.0 Å². The van der Waals surface area contributed by atoms with Crippen molar-refractivity contribution in [1.82, 2.24) is 4.72 Å². The minimum Gasteiger partial charge on any atom is -0.396 e. The summed E-state index contributed by atoms with van der Waals surface area (Å²) in [6, 6.07) is 6.44. The van der Waals surface area contributed by atoms with Crippen molar-refractivity contribution in [1.29, 1.82) is 5.26 Å². The number of hydrogen-bond donors (Lipinski definition) is 2. The smallest absolute Gasteiger partial charge is 0.241 e. The highest BCUT2D eigenvalue weighted by atomic mass is 32.2. The van der Waals surface area contributed by atoms with Gasteiger partial charge in [-0.2, -0.15) is 5.26 Å². The molecule has 0 aromatic heterocycles. The largest absolute Gasteiger partial charge is 0.396 e. The van der Waals surface area contributed by atoms with E-state index in [0.29, 0.717) is 24.0 Å². The van der Waals surface area contributed by atoms with E-state index in [1.807, 2.05) is 13.0 Å². The van der Waals surface area contributed by atoms with Crippen LogP contribution in [0.2, 0.25) is 0 Å². The molecule has 0 aliphatic rings. The molecule has 0 heterocycles. The van der Waals surface area contributed by atoms with E-state index >= 15 is 0 Å². The lowest BCUT2D eigenvalue weighted by Crippen LogP contribution is -2.46. The average Bonchev–Trinajstić information content (AvgIpc) is 2.37. The summed E-state index contributed by atoms with van der Waals surface area (Å²) < 4.78 is 27.5. The Morgan fingerprint density at radius 2 is 2.10 bits per heavy atom. The molecule has 2 N–H and O–H groups in total. The molecule has 6 heteroatoms. The standard InChI is InChI=1S/C14H20N2O3S/c1-4-14(3,7-8-17)16-20(18,19)13-6-5-12(10-15)9-11(13)2/h5-6,9,16-17H,4,7-8H2,1-3H3.